The lowest BCUT2D eigenvalue weighted by molar-refractivity contribution is 0.333. The van der Waals surface area contributed by atoms with Gasteiger partial charge in [0.2, 0.25) is 0 Å². The molecule has 1 N–H and O–H groups in total. The number of ether oxygens (including phenoxy) is 1. The van der Waals surface area contributed by atoms with Crippen LogP contribution in [0.15, 0.2) is 51.4 Å². The molecule has 2 aromatic rings. The largest absolute Gasteiger partial charge is 0.492 e. The van der Waals surface area contributed by atoms with Gasteiger partial charge >= 0.3 is 0 Å². The van der Waals surface area contributed by atoms with Crippen LogP contribution in [0.5, 0.6) is 5.75 Å². The van der Waals surface area contributed by atoms with Gasteiger partial charge in [-0.1, -0.05) is 46.3 Å². The maximum Gasteiger partial charge on any atom is 0.138 e. The molecule has 0 atom stereocenters. The fraction of sp³-hybridized carbons (Fsp3) is 0.250. The summed E-state index contributed by atoms with van der Waals surface area (Å²) in [5, 5.41) is 3.45. The zero-order valence-electron chi connectivity index (χ0n) is 11.3. The van der Waals surface area contributed by atoms with Gasteiger partial charge in [-0.3, -0.25) is 0 Å². The van der Waals surface area contributed by atoms with E-state index in [1.54, 1.807) is 0 Å². The van der Waals surface area contributed by atoms with Crippen LogP contribution in [0.3, 0.4) is 0 Å². The first-order valence-electron chi connectivity index (χ1n) is 6.56. The van der Waals surface area contributed by atoms with Gasteiger partial charge in [0.05, 0.1) is 11.1 Å². The zero-order valence-corrected chi connectivity index (χ0v) is 14.5. The highest BCUT2D eigenvalue weighted by Crippen LogP contribution is 2.33. The Hall–Kier alpha value is -0.840. The van der Waals surface area contributed by atoms with Gasteiger partial charge in [-0.2, -0.15) is 0 Å². The van der Waals surface area contributed by atoms with Gasteiger partial charge in [0.1, 0.15) is 5.75 Å². The van der Waals surface area contributed by atoms with E-state index in [1.165, 1.54) is 5.56 Å². The van der Waals surface area contributed by atoms with Crippen LogP contribution in [0, 0.1) is 0 Å². The lowest BCUT2D eigenvalue weighted by Gasteiger charge is -2.14. The van der Waals surface area contributed by atoms with Crippen molar-refractivity contribution in [1.82, 2.24) is 5.32 Å². The Balaban J connectivity index is 2.05. The molecule has 0 spiro atoms. The lowest BCUT2D eigenvalue weighted by atomic mass is 10.2. The van der Waals surface area contributed by atoms with Crippen molar-refractivity contribution in [3.63, 3.8) is 0 Å². The average Bonchev–Trinajstić information content (AvgIpc) is 2.43. The Labute approximate surface area is 136 Å². The molecule has 0 aromatic heterocycles. The number of benzene rings is 2. The van der Waals surface area contributed by atoms with Gasteiger partial charge in [0.25, 0.3) is 0 Å². The molecule has 4 heteroatoms. The Morgan fingerprint density at radius 3 is 2.50 bits per heavy atom. The van der Waals surface area contributed by atoms with Gasteiger partial charge in [0.15, 0.2) is 0 Å². The van der Waals surface area contributed by atoms with Crippen LogP contribution in [-0.4, -0.2) is 6.61 Å². The van der Waals surface area contributed by atoms with Crippen LogP contribution in [0.4, 0.5) is 0 Å². The molecule has 2 nitrogen and oxygen atoms in total. The summed E-state index contributed by atoms with van der Waals surface area (Å²) in [6, 6.07) is 14.5. The van der Waals surface area contributed by atoms with Gasteiger partial charge in [-0.05, 0) is 40.5 Å². The second-order valence-electron chi connectivity index (χ2n) is 4.40. The average molecular weight is 399 g/mol. The Morgan fingerprint density at radius 1 is 1.05 bits per heavy atom. The monoisotopic (exact) mass is 397 g/mol. The molecule has 0 amide bonds. The van der Waals surface area contributed by atoms with Crippen molar-refractivity contribution in [3.05, 3.63) is 62.5 Å². The van der Waals surface area contributed by atoms with Crippen LogP contribution >= 0.6 is 31.9 Å². The molecule has 2 rings (SSSR count). The number of hydrogen-bond acceptors (Lipinski definition) is 2. The summed E-state index contributed by atoms with van der Waals surface area (Å²) in [7, 11) is 0. The Bertz CT molecular complexity index is 558. The number of halogens is 2. The van der Waals surface area contributed by atoms with E-state index in [9.17, 15) is 0 Å². The molecule has 0 saturated carbocycles. The first-order valence-corrected chi connectivity index (χ1v) is 8.14. The topological polar surface area (TPSA) is 21.3 Å². The summed E-state index contributed by atoms with van der Waals surface area (Å²) in [6.45, 7) is 4.26. The van der Waals surface area contributed by atoms with Gasteiger partial charge in [-0.15, -0.1) is 0 Å². The normalized spacial score (nSPS) is 10.6. The first-order chi connectivity index (χ1) is 9.70. The summed E-state index contributed by atoms with van der Waals surface area (Å²) in [6.07, 6.45) is 0. The maximum atomic E-state index is 5.72. The molecule has 2 aromatic carbocycles. The summed E-state index contributed by atoms with van der Waals surface area (Å²) >= 11 is 7.07. The SMILES string of the molecule is CCOc1c(Br)cc(Br)cc1CNCc1ccccc1. The lowest BCUT2D eigenvalue weighted by Crippen LogP contribution is -2.14. The first kappa shape index (κ1) is 15.5. The molecule has 0 heterocycles. The molecule has 0 aliphatic rings. The maximum absolute atomic E-state index is 5.72. The molecule has 106 valence electrons. The van der Waals surface area contributed by atoms with Crippen molar-refractivity contribution in [2.75, 3.05) is 6.61 Å². The number of rotatable bonds is 6. The molecule has 0 radical (unpaired) electrons. The van der Waals surface area contributed by atoms with E-state index < -0.39 is 0 Å². The second kappa shape index (κ2) is 7.81. The smallest absolute Gasteiger partial charge is 0.138 e. The van der Waals surface area contributed by atoms with E-state index in [0.29, 0.717) is 6.61 Å². The number of nitrogens with one attached hydrogen (secondary N) is 1. The highest BCUT2D eigenvalue weighted by molar-refractivity contribution is 9.11. The van der Waals surface area contributed by atoms with E-state index in [-0.39, 0.29) is 0 Å². The molecule has 0 aliphatic heterocycles. The third kappa shape index (κ3) is 4.33. The molecule has 0 saturated heterocycles. The Kier molecular flexibility index (Phi) is 6.07. The molecule has 0 fully saturated rings. The van der Waals surface area contributed by atoms with Gasteiger partial charge in [-0.25, -0.2) is 0 Å². The summed E-state index contributed by atoms with van der Waals surface area (Å²) in [5.74, 6) is 0.913. The minimum Gasteiger partial charge on any atom is -0.492 e. The highest BCUT2D eigenvalue weighted by Gasteiger charge is 2.09. The predicted molar refractivity (Wildman–Crippen MR) is 90.0 cm³/mol. The fourth-order valence-corrected chi connectivity index (χ4v) is 3.42. The van der Waals surface area contributed by atoms with Crippen LogP contribution in [-0.2, 0) is 13.1 Å². The zero-order chi connectivity index (χ0) is 14.4. The Morgan fingerprint density at radius 2 is 1.80 bits per heavy atom. The van der Waals surface area contributed by atoms with Crippen LogP contribution in [0.1, 0.15) is 18.1 Å². The quantitative estimate of drug-likeness (QED) is 0.747. The minimum atomic E-state index is 0.659. The predicted octanol–water partition coefficient (Wildman–Crippen LogP) is 4.90. The van der Waals surface area contributed by atoms with E-state index in [0.717, 1.165) is 33.3 Å². The summed E-state index contributed by atoms with van der Waals surface area (Å²) in [5.41, 5.74) is 2.42. The van der Waals surface area contributed by atoms with Gasteiger partial charge in [0, 0.05) is 23.1 Å². The van der Waals surface area contributed by atoms with Crippen molar-refractivity contribution in [1.29, 1.82) is 0 Å². The van der Waals surface area contributed by atoms with E-state index in [2.05, 4.69) is 67.5 Å². The molecule has 0 bridgehead atoms. The molecule has 0 unspecified atom stereocenters. The third-order valence-electron chi connectivity index (χ3n) is 2.86. The van der Waals surface area contributed by atoms with Crippen molar-refractivity contribution >= 4 is 31.9 Å². The highest BCUT2D eigenvalue weighted by atomic mass is 79.9. The van der Waals surface area contributed by atoms with E-state index >= 15 is 0 Å². The van der Waals surface area contributed by atoms with Crippen molar-refractivity contribution in [2.24, 2.45) is 0 Å². The van der Waals surface area contributed by atoms with Gasteiger partial charge < -0.3 is 10.1 Å². The molecule has 0 aliphatic carbocycles. The minimum absolute atomic E-state index is 0.659. The molecular weight excluding hydrogens is 382 g/mol. The van der Waals surface area contributed by atoms with Crippen LogP contribution < -0.4 is 10.1 Å². The van der Waals surface area contributed by atoms with Crippen LogP contribution in [0.2, 0.25) is 0 Å². The number of hydrogen-bond donors (Lipinski definition) is 1. The van der Waals surface area contributed by atoms with E-state index in [4.69, 9.17) is 4.74 Å². The van der Waals surface area contributed by atoms with E-state index in [1.807, 2.05) is 19.1 Å². The molecule has 20 heavy (non-hydrogen) atoms. The summed E-state index contributed by atoms with van der Waals surface area (Å²) < 4.78 is 7.74. The van der Waals surface area contributed by atoms with Crippen molar-refractivity contribution in [2.45, 2.75) is 20.0 Å². The van der Waals surface area contributed by atoms with Crippen molar-refractivity contribution in [3.8, 4) is 5.75 Å². The third-order valence-corrected chi connectivity index (χ3v) is 3.91. The second-order valence-corrected chi connectivity index (χ2v) is 6.17. The standard InChI is InChI=1S/C16H17Br2NO/c1-2-20-16-13(8-14(17)9-15(16)18)11-19-10-12-6-4-3-5-7-12/h3-9,19H,2,10-11H2,1H3. The molecular formula is C16H17Br2NO. The fourth-order valence-electron chi connectivity index (χ4n) is 1.99. The van der Waals surface area contributed by atoms with Crippen molar-refractivity contribution < 1.29 is 4.74 Å². The summed E-state index contributed by atoms with van der Waals surface area (Å²) in [4.78, 5) is 0. The van der Waals surface area contributed by atoms with Crippen LogP contribution in [0.25, 0.3) is 0 Å².